The lowest BCUT2D eigenvalue weighted by molar-refractivity contribution is -0.104. The van der Waals surface area contributed by atoms with Crippen LogP contribution in [0.4, 0.5) is 0 Å². The monoisotopic (exact) mass is 382 g/mol. The summed E-state index contributed by atoms with van der Waals surface area (Å²) in [4.78, 5) is 24.1. The average molecular weight is 383 g/mol. The molecule has 0 radical (unpaired) electrons. The van der Waals surface area contributed by atoms with Gasteiger partial charge in [-0.1, -0.05) is 23.7 Å². The summed E-state index contributed by atoms with van der Waals surface area (Å²) >= 11 is 6.22. The van der Waals surface area contributed by atoms with Crippen LogP contribution >= 0.6 is 11.6 Å². The van der Waals surface area contributed by atoms with Crippen LogP contribution in [0.1, 0.15) is 24.8 Å². The van der Waals surface area contributed by atoms with Crippen LogP contribution in [-0.4, -0.2) is 16.5 Å². The number of halogens is 1. The van der Waals surface area contributed by atoms with Gasteiger partial charge >= 0.3 is 0 Å². The zero-order valence-corrected chi connectivity index (χ0v) is 14.9. The quantitative estimate of drug-likeness (QED) is 0.643. The molecule has 2 aromatic carbocycles. The van der Waals surface area contributed by atoms with Gasteiger partial charge in [-0.3, -0.25) is 9.59 Å². The molecule has 27 heavy (non-hydrogen) atoms. The highest BCUT2D eigenvalue weighted by Crippen LogP contribution is 2.44. The molecule has 0 bridgehead atoms. The van der Waals surface area contributed by atoms with Crippen LogP contribution in [0.25, 0.3) is 27.9 Å². The molecule has 5 nitrogen and oxygen atoms in total. The number of phenolic OH excluding ortho intramolecular Hbond substituents is 2. The number of aromatic hydroxyl groups is 2. The highest BCUT2D eigenvalue weighted by molar-refractivity contribution is 6.33. The van der Waals surface area contributed by atoms with E-state index < -0.39 is 5.43 Å². The molecule has 1 aliphatic rings. The summed E-state index contributed by atoms with van der Waals surface area (Å²) in [6.07, 6.45) is 2.69. The van der Waals surface area contributed by atoms with Gasteiger partial charge in [0.05, 0.1) is 10.6 Å². The Bertz CT molecular complexity index is 1170. The van der Waals surface area contributed by atoms with Crippen molar-refractivity contribution in [3.05, 3.63) is 62.8 Å². The van der Waals surface area contributed by atoms with Crippen LogP contribution in [0, 0.1) is 0 Å². The van der Waals surface area contributed by atoms with Gasteiger partial charge < -0.3 is 14.6 Å². The van der Waals surface area contributed by atoms with E-state index in [1.165, 1.54) is 6.07 Å². The number of rotatable bonds is 3. The second-order valence-corrected chi connectivity index (χ2v) is 6.83. The normalized spacial score (nSPS) is 14.1. The SMILES string of the molecule is O=CC1=C(c2c(O)cc(O)c3c(=O)cc(-c4ccccc4Cl)oc23)CCC1. The Kier molecular flexibility index (Phi) is 4.24. The van der Waals surface area contributed by atoms with Gasteiger partial charge in [0.1, 0.15) is 28.9 Å². The van der Waals surface area contributed by atoms with Crippen molar-refractivity contribution in [2.24, 2.45) is 0 Å². The Hall–Kier alpha value is -3.05. The van der Waals surface area contributed by atoms with E-state index in [0.29, 0.717) is 34.6 Å². The van der Waals surface area contributed by atoms with Crippen LogP contribution < -0.4 is 5.43 Å². The van der Waals surface area contributed by atoms with Crippen molar-refractivity contribution in [3.63, 3.8) is 0 Å². The largest absolute Gasteiger partial charge is 0.507 e. The number of carbonyl (C=O) groups is 1. The smallest absolute Gasteiger partial charge is 0.197 e. The molecule has 1 aromatic heterocycles. The van der Waals surface area contributed by atoms with Crippen LogP contribution in [-0.2, 0) is 4.79 Å². The van der Waals surface area contributed by atoms with E-state index >= 15 is 0 Å². The van der Waals surface area contributed by atoms with Crippen molar-refractivity contribution in [1.82, 2.24) is 0 Å². The summed E-state index contributed by atoms with van der Waals surface area (Å²) in [6.45, 7) is 0. The Morgan fingerprint density at radius 3 is 2.59 bits per heavy atom. The molecule has 1 heterocycles. The van der Waals surface area contributed by atoms with Crippen LogP contribution in [0.15, 0.2) is 51.2 Å². The van der Waals surface area contributed by atoms with Crippen molar-refractivity contribution in [3.8, 4) is 22.8 Å². The van der Waals surface area contributed by atoms with Crippen LogP contribution in [0.3, 0.4) is 0 Å². The Balaban J connectivity index is 2.12. The maximum absolute atomic E-state index is 12.7. The van der Waals surface area contributed by atoms with Gasteiger partial charge in [0, 0.05) is 17.7 Å². The maximum atomic E-state index is 12.7. The second-order valence-electron chi connectivity index (χ2n) is 6.42. The van der Waals surface area contributed by atoms with Gasteiger partial charge in [0.25, 0.3) is 0 Å². The lowest BCUT2D eigenvalue weighted by Crippen LogP contribution is -2.03. The van der Waals surface area contributed by atoms with Crippen molar-refractivity contribution < 1.29 is 19.4 Å². The maximum Gasteiger partial charge on any atom is 0.197 e. The zero-order chi connectivity index (χ0) is 19.1. The fourth-order valence-corrected chi connectivity index (χ4v) is 3.80. The van der Waals surface area contributed by atoms with E-state index in [1.807, 2.05) is 0 Å². The predicted octanol–water partition coefficient (Wildman–Crippen LogP) is 4.66. The van der Waals surface area contributed by atoms with Crippen molar-refractivity contribution in [1.29, 1.82) is 0 Å². The molecule has 0 unspecified atom stereocenters. The summed E-state index contributed by atoms with van der Waals surface area (Å²) in [5.41, 5.74) is 1.56. The Labute approximate surface area is 159 Å². The molecule has 0 saturated heterocycles. The van der Waals surface area contributed by atoms with Gasteiger partial charge in [0.15, 0.2) is 11.0 Å². The number of fused-ring (bicyclic) bond motifs is 1. The minimum atomic E-state index is -0.462. The number of aldehydes is 1. The molecule has 136 valence electrons. The molecular formula is C21H15ClO5. The van der Waals surface area contributed by atoms with E-state index in [0.717, 1.165) is 18.8 Å². The van der Waals surface area contributed by atoms with E-state index in [-0.39, 0.29) is 33.8 Å². The topological polar surface area (TPSA) is 87.7 Å². The summed E-state index contributed by atoms with van der Waals surface area (Å²) in [6, 6.07) is 9.27. The summed E-state index contributed by atoms with van der Waals surface area (Å²) in [5.74, 6) is -0.400. The molecule has 4 rings (SSSR count). The number of allylic oxidation sites excluding steroid dienone is 2. The third-order valence-electron chi connectivity index (χ3n) is 4.80. The summed E-state index contributed by atoms with van der Waals surface area (Å²) in [7, 11) is 0. The van der Waals surface area contributed by atoms with Gasteiger partial charge in [0.2, 0.25) is 0 Å². The van der Waals surface area contributed by atoms with Crippen LogP contribution in [0.5, 0.6) is 11.5 Å². The number of phenols is 2. The third kappa shape index (κ3) is 2.80. The highest BCUT2D eigenvalue weighted by atomic mass is 35.5. The third-order valence-corrected chi connectivity index (χ3v) is 5.13. The molecule has 6 heteroatoms. The van der Waals surface area contributed by atoms with Crippen molar-refractivity contribution in [2.45, 2.75) is 19.3 Å². The minimum absolute atomic E-state index is 0.0387. The Morgan fingerprint density at radius 2 is 1.85 bits per heavy atom. The number of benzene rings is 2. The zero-order valence-electron chi connectivity index (χ0n) is 14.2. The minimum Gasteiger partial charge on any atom is -0.507 e. The average Bonchev–Trinajstić information content (AvgIpc) is 3.09. The summed E-state index contributed by atoms with van der Waals surface area (Å²) < 4.78 is 5.95. The molecule has 0 saturated carbocycles. The van der Waals surface area contributed by atoms with Gasteiger partial charge in [-0.2, -0.15) is 0 Å². The molecule has 2 N–H and O–H groups in total. The van der Waals surface area contributed by atoms with E-state index in [2.05, 4.69) is 0 Å². The van der Waals surface area contributed by atoms with E-state index in [9.17, 15) is 19.8 Å². The molecule has 0 fully saturated rings. The standard InChI is InChI=1S/C21H15ClO5/c22-14-7-2-1-5-13(14)18-9-17(26)20-16(25)8-15(24)19(21(20)27-18)12-6-3-4-11(12)10-23/h1-2,5,7-10,24-25H,3-4,6H2. The lowest BCUT2D eigenvalue weighted by Gasteiger charge is -2.13. The van der Waals surface area contributed by atoms with E-state index in [4.69, 9.17) is 16.0 Å². The van der Waals surface area contributed by atoms with Gasteiger partial charge in [-0.15, -0.1) is 0 Å². The van der Waals surface area contributed by atoms with Crippen molar-refractivity contribution in [2.75, 3.05) is 0 Å². The second kappa shape index (κ2) is 6.59. The molecule has 1 aliphatic carbocycles. The first-order chi connectivity index (χ1) is 13.0. The van der Waals surface area contributed by atoms with Crippen molar-refractivity contribution >= 4 is 34.4 Å². The van der Waals surface area contributed by atoms with Gasteiger partial charge in [-0.05, 0) is 42.5 Å². The van der Waals surface area contributed by atoms with Gasteiger partial charge in [-0.25, -0.2) is 0 Å². The molecule has 3 aromatic rings. The fourth-order valence-electron chi connectivity index (χ4n) is 3.57. The predicted molar refractivity (Wildman–Crippen MR) is 103 cm³/mol. The molecular weight excluding hydrogens is 368 g/mol. The first-order valence-electron chi connectivity index (χ1n) is 8.46. The Morgan fingerprint density at radius 1 is 1.07 bits per heavy atom. The lowest BCUT2D eigenvalue weighted by atomic mass is 9.97. The molecule has 0 spiro atoms. The number of hydrogen-bond acceptors (Lipinski definition) is 5. The fraction of sp³-hybridized carbons (Fsp3) is 0.143. The molecule has 0 aliphatic heterocycles. The summed E-state index contributed by atoms with van der Waals surface area (Å²) in [5, 5.41) is 21.0. The van der Waals surface area contributed by atoms with Crippen LogP contribution in [0.2, 0.25) is 5.02 Å². The van der Waals surface area contributed by atoms with E-state index in [1.54, 1.807) is 24.3 Å². The number of hydrogen-bond donors (Lipinski definition) is 2. The first kappa shape index (κ1) is 17.4. The highest BCUT2D eigenvalue weighted by Gasteiger charge is 2.25. The first-order valence-corrected chi connectivity index (χ1v) is 8.84. The molecule has 0 atom stereocenters. The molecule has 0 amide bonds. The number of carbonyl (C=O) groups excluding carboxylic acids is 1.